The second-order valence-corrected chi connectivity index (χ2v) is 9.88. The van der Waals surface area contributed by atoms with E-state index in [1.54, 1.807) is 6.07 Å². The van der Waals surface area contributed by atoms with Crippen molar-refractivity contribution in [2.24, 2.45) is 0 Å². The van der Waals surface area contributed by atoms with Crippen molar-refractivity contribution in [2.75, 3.05) is 15.4 Å². The Morgan fingerprint density at radius 2 is 1.78 bits per heavy atom. The molecule has 1 aliphatic rings. The first-order valence-electron chi connectivity index (χ1n) is 9.56. The largest absolute Gasteiger partial charge is 0.326 e. The topological polar surface area (TPSA) is 104 Å². The molecule has 2 amide bonds. The number of hydrogen-bond donors (Lipinski definition) is 3. The Hall–Kier alpha value is -3.37. The highest BCUT2D eigenvalue weighted by Gasteiger charge is 2.29. The molecule has 10 heteroatoms. The van der Waals surface area contributed by atoms with E-state index in [9.17, 15) is 22.4 Å². The van der Waals surface area contributed by atoms with Gasteiger partial charge in [-0.3, -0.25) is 14.3 Å². The van der Waals surface area contributed by atoms with E-state index in [4.69, 9.17) is 0 Å². The van der Waals surface area contributed by atoms with Crippen molar-refractivity contribution in [1.29, 1.82) is 0 Å². The highest BCUT2D eigenvalue weighted by Crippen LogP contribution is 2.36. The molecule has 0 spiro atoms. The van der Waals surface area contributed by atoms with Gasteiger partial charge in [0.15, 0.2) is 0 Å². The normalized spacial score (nSPS) is 15.4. The van der Waals surface area contributed by atoms with Gasteiger partial charge < -0.3 is 10.6 Å². The van der Waals surface area contributed by atoms with Crippen LogP contribution in [0.1, 0.15) is 6.42 Å². The molecule has 3 aromatic carbocycles. The van der Waals surface area contributed by atoms with Crippen LogP contribution in [0.25, 0.3) is 0 Å². The van der Waals surface area contributed by atoms with E-state index in [0.717, 1.165) is 11.0 Å². The van der Waals surface area contributed by atoms with Gasteiger partial charge in [-0.2, -0.15) is 0 Å². The van der Waals surface area contributed by atoms with E-state index >= 15 is 0 Å². The molecular weight excluding hydrogens is 453 g/mol. The molecule has 0 saturated heterocycles. The lowest BCUT2D eigenvalue weighted by atomic mass is 10.2. The zero-order chi connectivity index (χ0) is 22.7. The maximum Gasteiger partial charge on any atom is 0.262 e. The minimum Gasteiger partial charge on any atom is -0.326 e. The molecular formula is C22H18FN3O4S2. The van der Waals surface area contributed by atoms with Crippen LogP contribution in [0.4, 0.5) is 21.5 Å². The fourth-order valence-electron chi connectivity index (χ4n) is 3.10. The maximum absolute atomic E-state index is 13.8. The summed E-state index contributed by atoms with van der Waals surface area (Å²) in [6, 6.07) is 18.3. The molecule has 1 heterocycles. The second kappa shape index (κ2) is 9.01. The van der Waals surface area contributed by atoms with Gasteiger partial charge in [0.05, 0.1) is 21.5 Å². The number of anilines is 3. The van der Waals surface area contributed by atoms with E-state index in [1.165, 1.54) is 54.2 Å². The standard InChI is InChI=1S/C22H18FN3O4S2/c23-16-8-1-2-9-17(16)26-32(29,30)15-7-5-6-14(12-15)24-21(27)13-20-22(28)25-18-10-3-4-11-19(18)31-20/h1-12,20,26H,13H2,(H,24,27)(H,25,28)/t20-/m0/s1. The summed E-state index contributed by atoms with van der Waals surface area (Å²) >= 11 is 1.30. The molecule has 7 nitrogen and oxygen atoms in total. The monoisotopic (exact) mass is 471 g/mol. The second-order valence-electron chi connectivity index (χ2n) is 6.96. The number of carbonyl (C=O) groups excluding carboxylic acids is 2. The molecule has 0 aliphatic carbocycles. The first-order valence-corrected chi connectivity index (χ1v) is 11.9. The van der Waals surface area contributed by atoms with Crippen molar-refractivity contribution >= 4 is 50.7 Å². The van der Waals surface area contributed by atoms with Crippen LogP contribution < -0.4 is 15.4 Å². The van der Waals surface area contributed by atoms with Crippen molar-refractivity contribution in [3.8, 4) is 0 Å². The summed E-state index contributed by atoms with van der Waals surface area (Å²) < 4.78 is 41.3. The predicted octanol–water partition coefficient (Wildman–Crippen LogP) is 4.07. The van der Waals surface area contributed by atoms with Gasteiger partial charge >= 0.3 is 0 Å². The molecule has 3 aromatic rings. The number of carbonyl (C=O) groups is 2. The number of nitrogens with one attached hydrogen (secondary N) is 3. The summed E-state index contributed by atoms with van der Waals surface area (Å²) in [7, 11) is -4.07. The molecule has 0 unspecified atom stereocenters. The van der Waals surface area contributed by atoms with Crippen molar-refractivity contribution in [2.45, 2.75) is 21.5 Å². The zero-order valence-electron chi connectivity index (χ0n) is 16.5. The number of halogens is 1. The molecule has 0 aromatic heterocycles. The summed E-state index contributed by atoms with van der Waals surface area (Å²) in [6.07, 6.45) is -0.0880. The molecule has 1 atom stereocenters. The lowest BCUT2D eigenvalue weighted by Gasteiger charge is -2.23. The van der Waals surface area contributed by atoms with E-state index in [-0.39, 0.29) is 28.6 Å². The number of benzene rings is 3. The van der Waals surface area contributed by atoms with Crippen molar-refractivity contribution in [1.82, 2.24) is 0 Å². The highest BCUT2D eigenvalue weighted by molar-refractivity contribution is 8.01. The maximum atomic E-state index is 13.8. The van der Waals surface area contributed by atoms with Crippen LogP contribution in [0, 0.1) is 5.82 Å². The average molecular weight is 472 g/mol. The predicted molar refractivity (Wildman–Crippen MR) is 122 cm³/mol. The zero-order valence-corrected chi connectivity index (χ0v) is 18.2. The van der Waals surface area contributed by atoms with Crippen LogP contribution >= 0.6 is 11.8 Å². The van der Waals surface area contributed by atoms with Crippen molar-refractivity contribution in [3.05, 3.63) is 78.6 Å². The average Bonchev–Trinajstić information content (AvgIpc) is 2.76. The first kappa shape index (κ1) is 21.8. The van der Waals surface area contributed by atoms with Gasteiger partial charge in [-0.15, -0.1) is 11.8 Å². The molecule has 1 aliphatic heterocycles. The molecule has 3 N–H and O–H groups in total. The van der Waals surface area contributed by atoms with Crippen molar-refractivity contribution < 1.29 is 22.4 Å². The van der Waals surface area contributed by atoms with Crippen LogP contribution in [0.3, 0.4) is 0 Å². The van der Waals surface area contributed by atoms with E-state index in [2.05, 4.69) is 15.4 Å². The number of hydrogen-bond acceptors (Lipinski definition) is 5. The Balaban J connectivity index is 1.44. The van der Waals surface area contributed by atoms with E-state index in [0.29, 0.717) is 5.69 Å². The number of rotatable bonds is 6. The van der Waals surface area contributed by atoms with Crippen LogP contribution in [-0.4, -0.2) is 25.5 Å². The minimum absolute atomic E-state index is 0.0880. The van der Waals surface area contributed by atoms with Gasteiger partial charge in [-0.1, -0.05) is 30.3 Å². The molecule has 32 heavy (non-hydrogen) atoms. The smallest absolute Gasteiger partial charge is 0.262 e. The van der Waals surface area contributed by atoms with Gasteiger partial charge in [0.2, 0.25) is 11.8 Å². The molecule has 0 bridgehead atoms. The summed E-state index contributed by atoms with van der Waals surface area (Å²) in [6.45, 7) is 0. The number of sulfonamides is 1. The third-order valence-electron chi connectivity index (χ3n) is 4.62. The van der Waals surface area contributed by atoms with Gasteiger partial charge in [0, 0.05) is 17.0 Å². The minimum atomic E-state index is -4.07. The van der Waals surface area contributed by atoms with Gasteiger partial charge in [-0.25, -0.2) is 12.8 Å². The fraction of sp³-hybridized carbons (Fsp3) is 0.0909. The first-order chi connectivity index (χ1) is 15.3. The lowest BCUT2D eigenvalue weighted by Crippen LogP contribution is -2.32. The Labute approximate surface area is 188 Å². The summed E-state index contributed by atoms with van der Waals surface area (Å²) in [5.74, 6) is -1.41. The van der Waals surface area contributed by atoms with Crippen LogP contribution in [0.2, 0.25) is 0 Å². The number of para-hydroxylation sites is 2. The molecule has 0 radical (unpaired) electrons. The van der Waals surface area contributed by atoms with Gasteiger partial charge in [0.1, 0.15) is 5.82 Å². The third-order valence-corrected chi connectivity index (χ3v) is 7.26. The number of amides is 2. The third kappa shape index (κ3) is 4.92. The molecule has 0 fully saturated rings. The van der Waals surface area contributed by atoms with Gasteiger partial charge in [-0.05, 0) is 42.5 Å². The Kier molecular flexibility index (Phi) is 6.15. The van der Waals surface area contributed by atoms with Crippen molar-refractivity contribution in [3.63, 3.8) is 0 Å². The number of fused-ring (bicyclic) bond motifs is 1. The fourth-order valence-corrected chi connectivity index (χ4v) is 5.32. The molecule has 0 saturated carbocycles. The van der Waals surface area contributed by atoms with E-state index < -0.39 is 27.0 Å². The Morgan fingerprint density at radius 3 is 2.59 bits per heavy atom. The SMILES string of the molecule is O=C(C[C@@H]1Sc2ccccc2NC1=O)Nc1cccc(S(=O)(=O)Nc2ccccc2F)c1. The van der Waals surface area contributed by atoms with Crippen LogP contribution in [-0.2, 0) is 19.6 Å². The van der Waals surface area contributed by atoms with Gasteiger partial charge in [0.25, 0.3) is 10.0 Å². The van der Waals surface area contributed by atoms with Crippen LogP contribution in [0.15, 0.2) is 82.6 Å². The summed E-state index contributed by atoms with van der Waals surface area (Å²) in [4.78, 5) is 25.5. The Morgan fingerprint density at radius 1 is 1.03 bits per heavy atom. The lowest BCUT2D eigenvalue weighted by molar-refractivity contribution is -0.120. The molecule has 164 valence electrons. The van der Waals surface area contributed by atoms with E-state index in [1.807, 2.05) is 18.2 Å². The van der Waals surface area contributed by atoms with Crippen LogP contribution in [0.5, 0.6) is 0 Å². The quantitative estimate of drug-likeness (QED) is 0.503. The summed E-state index contributed by atoms with van der Waals surface area (Å²) in [5.41, 5.74) is 0.773. The Bertz CT molecular complexity index is 1300. The summed E-state index contributed by atoms with van der Waals surface area (Å²) in [5, 5.41) is 4.79. The molecule has 4 rings (SSSR count). The highest BCUT2D eigenvalue weighted by atomic mass is 32.2. The number of thioether (sulfide) groups is 1.